The molecule has 2 aromatic heterocycles. The molecule has 1 saturated carbocycles. The van der Waals surface area contributed by atoms with Gasteiger partial charge in [-0.05, 0) is 55.0 Å². The number of benzene rings is 1. The van der Waals surface area contributed by atoms with Gasteiger partial charge >= 0.3 is 0 Å². The normalized spacial score (nSPS) is 15.4. The van der Waals surface area contributed by atoms with E-state index in [0.29, 0.717) is 28.3 Å². The Morgan fingerprint density at radius 2 is 1.92 bits per heavy atom. The van der Waals surface area contributed by atoms with Crippen molar-refractivity contribution in [2.45, 2.75) is 44.9 Å². The van der Waals surface area contributed by atoms with Gasteiger partial charge in [-0.2, -0.15) is 4.98 Å². The fraction of sp³-hybridized carbons (Fsp3) is 0.350. The number of nitrogens with zero attached hydrogens (tertiary/aromatic N) is 3. The van der Waals surface area contributed by atoms with Crippen molar-refractivity contribution in [3.63, 3.8) is 0 Å². The largest absolute Gasteiger partial charge is 0.332 e. The van der Waals surface area contributed by atoms with Crippen LogP contribution in [0.2, 0.25) is 5.02 Å². The van der Waals surface area contributed by atoms with E-state index in [2.05, 4.69) is 21.2 Å². The molecule has 128 valence electrons. The highest BCUT2D eigenvalue weighted by Crippen LogP contribution is 2.33. The van der Waals surface area contributed by atoms with Crippen molar-refractivity contribution in [3.05, 3.63) is 52.7 Å². The number of aryl methyl sites for hydroxylation is 1. The van der Waals surface area contributed by atoms with Crippen molar-refractivity contribution in [1.82, 2.24) is 15.1 Å². The first-order chi connectivity index (χ1) is 12.2. The fourth-order valence-corrected chi connectivity index (χ4v) is 3.65. The zero-order valence-corrected chi connectivity index (χ0v) is 15.0. The van der Waals surface area contributed by atoms with Crippen molar-refractivity contribution in [2.75, 3.05) is 0 Å². The highest BCUT2D eigenvalue weighted by molar-refractivity contribution is 6.30. The second-order valence-corrected chi connectivity index (χ2v) is 7.13. The molecule has 25 heavy (non-hydrogen) atoms. The van der Waals surface area contributed by atoms with Crippen LogP contribution in [0.15, 0.2) is 41.1 Å². The van der Waals surface area contributed by atoms with Gasteiger partial charge in [0.2, 0.25) is 5.82 Å². The van der Waals surface area contributed by atoms with Crippen LogP contribution >= 0.6 is 11.6 Å². The van der Waals surface area contributed by atoms with E-state index in [4.69, 9.17) is 16.1 Å². The Bertz CT molecular complexity index is 867. The number of halogens is 1. The summed E-state index contributed by atoms with van der Waals surface area (Å²) in [7, 11) is 0. The van der Waals surface area contributed by atoms with Crippen LogP contribution < -0.4 is 0 Å². The van der Waals surface area contributed by atoms with Crippen molar-refractivity contribution >= 4 is 11.6 Å². The first-order valence-electron chi connectivity index (χ1n) is 8.77. The molecular weight excluding hydrogens is 334 g/mol. The lowest BCUT2D eigenvalue weighted by Gasteiger charge is -2.21. The lowest BCUT2D eigenvalue weighted by Crippen LogP contribution is -2.04. The van der Waals surface area contributed by atoms with Crippen LogP contribution in [-0.2, 0) is 0 Å². The number of hydrogen-bond donors (Lipinski definition) is 0. The molecule has 5 heteroatoms. The quantitative estimate of drug-likeness (QED) is 0.596. The van der Waals surface area contributed by atoms with E-state index in [1.54, 1.807) is 0 Å². The Kier molecular flexibility index (Phi) is 4.53. The highest BCUT2D eigenvalue weighted by Gasteiger charge is 2.17. The molecule has 2 heterocycles. The highest BCUT2D eigenvalue weighted by atomic mass is 35.5. The third kappa shape index (κ3) is 3.45. The van der Waals surface area contributed by atoms with E-state index in [0.717, 1.165) is 11.1 Å². The van der Waals surface area contributed by atoms with Crippen LogP contribution in [0.5, 0.6) is 0 Å². The molecule has 0 saturated heterocycles. The minimum atomic E-state index is 0.435. The smallest absolute Gasteiger partial charge is 0.276 e. The van der Waals surface area contributed by atoms with Gasteiger partial charge in [0.15, 0.2) is 0 Å². The second kappa shape index (κ2) is 6.96. The van der Waals surface area contributed by atoms with Crippen LogP contribution in [0.4, 0.5) is 0 Å². The second-order valence-electron chi connectivity index (χ2n) is 6.69. The lowest BCUT2D eigenvalue weighted by atomic mass is 9.85. The topological polar surface area (TPSA) is 51.8 Å². The molecule has 0 radical (unpaired) electrons. The van der Waals surface area contributed by atoms with E-state index in [1.807, 2.05) is 37.4 Å². The summed E-state index contributed by atoms with van der Waals surface area (Å²) in [4.78, 5) is 9.04. The first-order valence-corrected chi connectivity index (χ1v) is 9.15. The zero-order chi connectivity index (χ0) is 17.2. The summed E-state index contributed by atoms with van der Waals surface area (Å²) in [5.74, 6) is 1.61. The number of aromatic nitrogens is 3. The standard InChI is InChI=1S/C20H20ClN3O/c1-13-7-9-16(21)11-17(13)19-23-20(25-24-19)18-10-8-15(12-22-18)14-5-3-2-4-6-14/h7-12,14H,2-6H2,1H3. The zero-order valence-electron chi connectivity index (χ0n) is 14.2. The van der Waals surface area contributed by atoms with Crippen molar-refractivity contribution in [2.24, 2.45) is 0 Å². The van der Waals surface area contributed by atoms with E-state index >= 15 is 0 Å². The average Bonchev–Trinajstić information content (AvgIpc) is 3.14. The summed E-state index contributed by atoms with van der Waals surface area (Å²) < 4.78 is 5.42. The predicted molar refractivity (Wildman–Crippen MR) is 98.5 cm³/mol. The molecule has 1 aliphatic rings. The fourth-order valence-electron chi connectivity index (χ4n) is 3.48. The molecule has 1 fully saturated rings. The van der Waals surface area contributed by atoms with Crippen molar-refractivity contribution < 1.29 is 4.52 Å². The molecule has 0 atom stereocenters. The number of hydrogen-bond acceptors (Lipinski definition) is 4. The Morgan fingerprint density at radius 1 is 1.08 bits per heavy atom. The van der Waals surface area contributed by atoms with Crippen LogP contribution in [0, 0.1) is 6.92 Å². The molecule has 0 unspecified atom stereocenters. The van der Waals surface area contributed by atoms with Gasteiger partial charge in [-0.3, -0.25) is 4.98 Å². The molecule has 0 spiro atoms. The first kappa shape index (κ1) is 16.3. The van der Waals surface area contributed by atoms with Crippen LogP contribution in [0.1, 0.15) is 49.1 Å². The molecule has 3 aromatic rings. The monoisotopic (exact) mass is 353 g/mol. The third-order valence-electron chi connectivity index (χ3n) is 4.95. The molecule has 1 aliphatic carbocycles. The molecule has 0 bridgehead atoms. The van der Waals surface area contributed by atoms with E-state index in [1.165, 1.54) is 37.7 Å². The van der Waals surface area contributed by atoms with Gasteiger partial charge in [0, 0.05) is 16.8 Å². The third-order valence-corrected chi connectivity index (χ3v) is 5.18. The van der Waals surface area contributed by atoms with E-state index in [9.17, 15) is 0 Å². The Balaban J connectivity index is 1.58. The van der Waals surface area contributed by atoms with Gasteiger partial charge in [-0.1, -0.05) is 48.2 Å². The summed E-state index contributed by atoms with van der Waals surface area (Å²) in [6.07, 6.45) is 8.48. The maximum atomic E-state index is 6.08. The van der Waals surface area contributed by atoms with Gasteiger partial charge in [0.25, 0.3) is 5.89 Å². The van der Waals surface area contributed by atoms with Crippen LogP contribution in [0.3, 0.4) is 0 Å². The minimum absolute atomic E-state index is 0.435. The SMILES string of the molecule is Cc1ccc(Cl)cc1-c1noc(-c2ccc(C3CCCCC3)cn2)n1. The number of rotatable bonds is 3. The molecule has 4 rings (SSSR count). The molecule has 1 aromatic carbocycles. The van der Waals surface area contributed by atoms with E-state index in [-0.39, 0.29) is 0 Å². The predicted octanol–water partition coefficient (Wildman–Crippen LogP) is 5.81. The molecule has 0 aliphatic heterocycles. The maximum absolute atomic E-state index is 6.08. The summed E-state index contributed by atoms with van der Waals surface area (Å²) in [6, 6.07) is 9.78. The van der Waals surface area contributed by atoms with Crippen molar-refractivity contribution in [3.8, 4) is 23.0 Å². The number of pyridine rings is 1. The van der Waals surface area contributed by atoms with Gasteiger partial charge in [0.1, 0.15) is 5.69 Å². The van der Waals surface area contributed by atoms with Crippen LogP contribution in [-0.4, -0.2) is 15.1 Å². The lowest BCUT2D eigenvalue weighted by molar-refractivity contribution is 0.430. The molecule has 4 nitrogen and oxygen atoms in total. The Hall–Kier alpha value is -2.20. The average molecular weight is 354 g/mol. The van der Waals surface area contributed by atoms with Gasteiger partial charge in [-0.15, -0.1) is 0 Å². The summed E-state index contributed by atoms with van der Waals surface area (Å²) >= 11 is 6.08. The van der Waals surface area contributed by atoms with E-state index < -0.39 is 0 Å². The van der Waals surface area contributed by atoms with Crippen molar-refractivity contribution in [1.29, 1.82) is 0 Å². The summed E-state index contributed by atoms with van der Waals surface area (Å²) in [5.41, 5.74) is 3.95. The summed E-state index contributed by atoms with van der Waals surface area (Å²) in [5, 5.41) is 4.75. The molecule has 0 amide bonds. The van der Waals surface area contributed by atoms with Gasteiger partial charge in [-0.25, -0.2) is 0 Å². The maximum Gasteiger partial charge on any atom is 0.276 e. The van der Waals surface area contributed by atoms with Crippen LogP contribution in [0.25, 0.3) is 23.0 Å². The molecule has 0 N–H and O–H groups in total. The minimum Gasteiger partial charge on any atom is -0.332 e. The molecular formula is C20H20ClN3O. The Labute approximate surface area is 152 Å². The summed E-state index contributed by atoms with van der Waals surface area (Å²) in [6.45, 7) is 2.00. The van der Waals surface area contributed by atoms with Gasteiger partial charge < -0.3 is 4.52 Å². The van der Waals surface area contributed by atoms with Gasteiger partial charge in [0.05, 0.1) is 0 Å². The Morgan fingerprint density at radius 3 is 2.68 bits per heavy atom.